The van der Waals surface area contributed by atoms with Gasteiger partial charge in [-0.3, -0.25) is 5.84 Å². The molecule has 0 saturated heterocycles. The lowest BCUT2D eigenvalue weighted by molar-refractivity contribution is 0.277. The molecule has 2 aliphatic heterocycles. The van der Waals surface area contributed by atoms with Gasteiger partial charge < -0.3 is 14.7 Å². The number of anilines is 1. The third kappa shape index (κ3) is 2.53. The van der Waals surface area contributed by atoms with Gasteiger partial charge in [0, 0.05) is 19.6 Å². The Morgan fingerprint density at radius 2 is 2.10 bits per heavy atom. The highest BCUT2D eigenvalue weighted by molar-refractivity contribution is 9.10. The number of rotatable bonds is 2. The van der Waals surface area contributed by atoms with E-state index < -0.39 is 0 Å². The van der Waals surface area contributed by atoms with Crippen molar-refractivity contribution in [2.45, 2.75) is 12.8 Å². The summed E-state index contributed by atoms with van der Waals surface area (Å²) < 4.78 is 6.91. The van der Waals surface area contributed by atoms with Crippen molar-refractivity contribution in [3.05, 3.63) is 21.7 Å². The third-order valence-corrected chi connectivity index (χ3v) is 4.87. The number of halogens is 1. The fourth-order valence-corrected chi connectivity index (χ4v) is 3.71. The number of hydrazine groups is 1. The minimum atomic E-state index is 0.157. The van der Waals surface area contributed by atoms with E-state index in [0.717, 1.165) is 48.4 Å². The van der Waals surface area contributed by atoms with Crippen molar-refractivity contribution < 1.29 is 9.84 Å². The molecule has 0 spiro atoms. The zero-order valence-corrected chi connectivity index (χ0v) is 13.0. The Labute approximate surface area is 127 Å². The summed E-state index contributed by atoms with van der Waals surface area (Å²) in [6.45, 7) is 4.02. The van der Waals surface area contributed by atoms with Gasteiger partial charge in [0.2, 0.25) is 0 Å². The summed E-state index contributed by atoms with van der Waals surface area (Å²) in [5, 5.41) is 11.1. The number of benzene rings is 1. The van der Waals surface area contributed by atoms with E-state index >= 15 is 0 Å². The van der Waals surface area contributed by atoms with Crippen LogP contribution in [0.2, 0.25) is 0 Å². The van der Waals surface area contributed by atoms with Crippen LogP contribution in [-0.4, -0.2) is 49.5 Å². The second-order valence-electron chi connectivity index (χ2n) is 5.27. The molecular weight excluding hydrogens is 322 g/mol. The predicted molar refractivity (Wildman–Crippen MR) is 82.1 cm³/mol. The van der Waals surface area contributed by atoms with Gasteiger partial charge in [-0.1, -0.05) is 0 Å². The van der Waals surface area contributed by atoms with Crippen molar-refractivity contribution in [1.29, 1.82) is 0 Å². The Balaban J connectivity index is 2.03. The molecular formula is C14H20BrN3O2. The number of aliphatic hydroxyl groups is 1. The molecule has 0 amide bonds. The van der Waals surface area contributed by atoms with Crippen LogP contribution in [0.3, 0.4) is 0 Å². The lowest BCUT2D eigenvalue weighted by Gasteiger charge is -2.32. The summed E-state index contributed by atoms with van der Waals surface area (Å²) >= 11 is 3.71. The average Bonchev–Trinajstić information content (AvgIpc) is 2.63. The number of aliphatic hydroxyl groups excluding tert-OH is 1. The summed E-state index contributed by atoms with van der Waals surface area (Å²) in [5.74, 6) is 6.85. The largest absolute Gasteiger partial charge is 0.488 e. The number of nitrogens with two attached hydrogens (primary N) is 1. The number of hydrogen-bond donors (Lipinski definition) is 2. The molecule has 6 heteroatoms. The molecule has 0 fully saturated rings. The van der Waals surface area contributed by atoms with E-state index in [2.05, 4.69) is 26.9 Å². The summed E-state index contributed by atoms with van der Waals surface area (Å²) in [6, 6.07) is 2.21. The van der Waals surface area contributed by atoms with Crippen LogP contribution in [0.15, 0.2) is 10.5 Å². The number of β-amino-alcohol motifs (C(OH)–C–C–N with tert-alkyl or cyclic N) is 1. The van der Waals surface area contributed by atoms with Crippen LogP contribution in [0.1, 0.15) is 11.1 Å². The van der Waals surface area contributed by atoms with Gasteiger partial charge in [-0.25, -0.2) is 5.01 Å². The maximum atomic E-state index is 9.21. The molecule has 20 heavy (non-hydrogen) atoms. The fraction of sp³-hybridized carbons (Fsp3) is 0.571. The second-order valence-corrected chi connectivity index (χ2v) is 6.06. The van der Waals surface area contributed by atoms with E-state index in [4.69, 9.17) is 10.6 Å². The molecule has 110 valence electrons. The monoisotopic (exact) mass is 341 g/mol. The molecule has 0 aliphatic carbocycles. The zero-order valence-electron chi connectivity index (χ0n) is 11.4. The van der Waals surface area contributed by atoms with Crippen molar-refractivity contribution >= 4 is 21.6 Å². The number of nitrogens with zero attached hydrogens (tertiary/aromatic N) is 2. The standard InChI is InChI=1S/C14H20BrN3O2/c15-13-11-2-4-18(16)3-1-10(11)9-12-14(13)20-8-6-17(12)5-7-19/h9,19H,1-8,16H2. The summed E-state index contributed by atoms with van der Waals surface area (Å²) in [4.78, 5) is 2.19. The van der Waals surface area contributed by atoms with Crippen LogP contribution in [0.5, 0.6) is 5.75 Å². The molecule has 0 unspecified atom stereocenters. The summed E-state index contributed by atoms with van der Waals surface area (Å²) in [7, 11) is 0. The molecule has 3 rings (SSSR count). The fourth-order valence-electron chi connectivity index (χ4n) is 2.94. The Morgan fingerprint density at radius 3 is 2.90 bits per heavy atom. The maximum Gasteiger partial charge on any atom is 0.157 e. The van der Waals surface area contributed by atoms with Gasteiger partial charge in [-0.15, -0.1) is 0 Å². The highest BCUT2D eigenvalue weighted by Gasteiger charge is 2.25. The summed E-state index contributed by atoms with van der Waals surface area (Å²) in [5.41, 5.74) is 3.72. The lowest BCUT2D eigenvalue weighted by atomic mass is 10.0. The van der Waals surface area contributed by atoms with E-state index in [0.29, 0.717) is 13.2 Å². The first-order valence-electron chi connectivity index (χ1n) is 7.03. The average molecular weight is 342 g/mol. The van der Waals surface area contributed by atoms with Crippen LogP contribution in [0.25, 0.3) is 0 Å². The van der Waals surface area contributed by atoms with Crippen molar-refractivity contribution in [3.8, 4) is 5.75 Å². The molecule has 3 N–H and O–H groups in total. The van der Waals surface area contributed by atoms with Crippen LogP contribution < -0.4 is 15.5 Å². The predicted octanol–water partition coefficient (Wildman–Crippen LogP) is 0.914. The first kappa shape index (κ1) is 14.1. The molecule has 0 saturated carbocycles. The Kier molecular flexibility index (Phi) is 4.16. The normalized spacial score (nSPS) is 19.1. The molecule has 5 nitrogen and oxygen atoms in total. The Bertz CT molecular complexity index is 510. The zero-order chi connectivity index (χ0) is 14.1. The van der Waals surface area contributed by atoms with Gasteiger partial charge in [0.25, 0.3) is 0 Å². The van der Waals surface area contributed by atoms with Crippen LogP contribution in [0.4, 0.5) is 5.69 Å². The highest BCUT2D eigenvalue weighted by Crippen LogP contribution is 2.43. The quantitative estimate of drug-likeness (QED) is 0.783. The molecule has 2 heterocycles. The second kappa shape index (κ2) is 5.89. The number of hydrogen-bond acceptors (Lipinski definition) is 5. The van der Waals surface area contributed by atoms with E-state index in [1.165, 1.54) is 11.1 Å². The van der Waals surface area contributed by atoms with Crippen molar-refractivity contribution in [3.63, 3.8) is 0 Å². The molecule has 0 aromatic heterocycles. The van der Waals surface area contributed by atoms with Crippen LogP contribution >= 0.6 is 15.9 Å². The molecule has 0 atom stereocenters. The first-order chi connectivity index (χ1) is 9.70. The Hall–Kier alpha value is -0.820. The van der Waals surface area contributed by atoms with Gasteiger partial charge in [-0.2, -0.15) is 0 Å². The Morgan fingerprint density at radius 1 is 1.30 bits per heavy atom. The number of ether oxygens (including phenoxy) is 1. The smallest absolute Gasteiger partial charge is 0.157 e. The van der Waals surface area contributed by atoms with Crippen LogP contribution in [0, 0.1) is 0 Å². The molecule has 2 aliphatic rings. The van der Waals surface area contributed by atoms with Gasteiger partial charge in [-0.05, 0) is 46.0 Å². The van der Waals surface area contributed by atoms with Gasteiger partial charge in [0.1, 0.15) is 6.61 Å². The van der Waals surface area contributed by atoms with Crippen molar-refractivity contribution in [1.82, 2.24) is 5.01 Å². The summed E-state index contributed by atoms with van der Waals surface area (Å²) in [6.07, 6.45) is 1.88. The minimum absolute atomic E-state index is 0.157. The minimum Gasteiger partial charge on any atom is -0.488 e. The molecule has 1 aromatic carbocycles. The molecule has 1 aromatic rings. The van der Waals surface area contributed by atoms with Crippen molar-refractivity contribution in [2.75, 3.05) is 44.3 Å². The van der Waals surface area contributed by atoms with Gasteiger partial charge in [0.15, 0.2) is 5.75 Å². The number of fused-ring (bicyclic) bond motifs is 2. The third-order valence-electron chi connectivity index (χ3n) is 4.03. The van der Waals surface area contributed by atoms with Gasteiger partial charge >= 0.3 is 0 Å². The first-order valence-corrected chi connectivity index (χ1v) is 7.82. The lowest BCUT2D eigenvalue weighted by Crippen LogP contribution is -2.35. The SMILES string of the molecule is NN1CCc2cc3c(c(Br)c2CC1)OCCN3CCO. The van der Waals surface area contributed by atoms with E-state index in [1.54, 1.807) is 0 Å². The van der Waals surface area contributed by atoms with E-state index in [9.17, 15) is 5.11 Å². The maximum absolute atomic E-state index is 9.21. The van der Waals surface area contributed by atoms with Crippen LogP contribution in [-0.2, 0) is 12.8 Å². The van der Waals surface area contributed by atoms with Gasteiger partial charge in [0.05, 0.1) is 23.3 Å². The highest BCUT2D eigenvalue weighted by atomic mass is 79.9. The molecule has 0 bridgehead atoms. The van der Waals surface area contributed by atoms with E-state index in [-0.39, 0.29) is 6.61 Å². The topological polar surface area (TPSA) is 62.0 Å². The van der Waals surface area contributed by atoms with E-state index in [1.807, 2.05) is 5.01 Å². The molecule has 0 radical (unpaired) electrons. The van der Waals surface area contributed by atoms with Crippen molar-refractivity contribution in [2.24, 2.45) is 5.84 Å².